The monoisotopic (exact) mass is 403 g/mol. The number of amides is 2. The third-order valence-electron chi connectivity index (χ3n) is 3.68. The number of nitrogens with one attached hydrogen (secondary N) is 2. The molecule has 0 unspecified atom stereocenters. The zero-order chi connectivity index (χ0) is 20.4. The molecule has 2 N–H and O–H groups in total. The first-order chi connectivity index (χ1) is 13.9. The Hall–Kier alpha value is -4.02. The number of rotatable bonds is 4. The molecule has 0 bridgehead atoms. The summed E-state index contributed by atoms with van der Waals surface area (Å²) in [5, 5.41) is 9.40. The maximum atomic E-state index is 12.2. The first kappa shape index (κ1) is 18.3. The average Bonchev–Trinajstić information content (AvgIpc) is 3.30. The first-order valence-corrected chi connectivity index (χ1v) is 8.20. The van der Waals surface area contributed by atoms with E-state index in [9.17, 15) is 18.0 Å². The number of alkyl halides is 3. The molecule has 3 heterocycles. The first-order valence-electron chi connectivity index (χ1n) is 8.20. The van der Waals surface area contributed by atoms with Gasteiger partial charge in [-0.25, -0.2) is 14.3 Å². The smallest absolute Gasteiger partial charge is 0.461 e. The lowest BCUT2D eigenvalue weighted by atomic mass is 10.3. The number of ether oxygens (including phenoxy) is 1. The molecule has 0 atom stereocenters. The SMILES string of the molecule is O=C(Nc1ccc(OC(F)(F)F)cc1)Nc1ccc2nc(-c3ccco3)nn2c1. The molecule has 4 rings (SSSR count). The van der Waals surface area contributed by atoms with Crippen LogP contribution in [0.15, 0.2) is 65.4 Å². The van der Waals surface area contributed by atoms with E-state index in [1.54, 1.807) is 30.5 Å². The van der Waals surface area contributed by atoms with E-state index in [2.05, 4.69) is 25.5 Å². The molecule has 1 aromatic carbocycles. The second kappa shape index (κ2) is 7.19. The Balaban J connectivity index is 1.42. The summed E-state index contributed by atoms with van der Waals surface area (Å²) in [5.74, 6) is 0.532. The predicted octanol–water partition coefficient (Wildman–Crippen LogP) is 4.53. The van der Waals surface area contributed by atoms with Crippen molar-refractivity contribution in [3.8, 4) is 17.3 Å². The Morgan fingerprint density at radius 2 is 1.76 bits per heavy atom. The number of fused-ring (bicyclic) bond motifs is 1. The highest BCUT2D eigenvalue weighted by molar-refractivity contribution is 5.99. The normalized spacial score (nSPS) is 11.4. The molecular formula is C18H12F3N5O3. The van der Waals surface area contributed by atoms with Crippen LogP contribution in [0.4, 0.5) is 29.3 Å². The number of pyridine rings is 1. The Kier molecular flexibility index (Phi) is 4.55. The fraction of sp³-hybridized carbons (Fsp3) is 0.0556. The molecule has 148 valence electrons. The van der Waals surface area contributed by atoms with Gasteiger partial charge in [0.2, 0.25) is 5.82 Å². The Bertz CT molecular complexity index is 1140. The molecule has 29 heavy (non-hydrogen) atoms. The van der Waals surface area contributed by atoms with Crippen molar-refractivity contribution in [3.05, 3.63) is 61.0 Å². The lowest BCUT2D eigenvalue weighted by Crippen LogP contribution is -2.20. The van der Waals surface area contributed by atoms with E-state index in [0.29, 0.717) is 28.6 Å². The van der Waals surface area contributed by atoms with Crippen LogP contribution < -0.4 is 15.4 Å². The Morgan fingerprint density at radius 1 is 1.03 bits per heavy atom. The molecule has 0 aliphatic carbocycles. The summed E-state index contributed by atoms with van der Waals surface area (Å²) in [6, 6.07) is 10.9. The minimum absolute atomic E-state index is 0.291. The number of hydrogen-bond acceptors (Lipinski definition) is 5. The number of halogens is 3. The largest absolute Gasteiger partial charge is 0.573 e. The van der Waals surface area contributed by atoms with Crippen LogP contribution in [0.1, 0.15) is 0 Å². The molecule has 0 saturated heterocycles. The summed E-state index contributed by atoms with van der Waals surface area (Å²) >= 11 is 0. The Labute approximate surface area is 160 Å². The van der Waals surface area contributed by atoms with Crippen molar-refractivity contribution in [3.63, 3.8) is 0 Å². The van der Waals surface area contributed by atoms with Crippen LogP contribution >= 0.6 is 0 Å². The fourth-order valence-electron chi connectivity index (χ4n) is 2.50. The van der Waals surface area contributed by atoms with Crippen LogP contribution in [0.5, 0.6) is 5.75 Å². The maximum Gasteiger partial charge on any atom is 0.573 e. The van der Waals surface area contributed by atoms with Crippen molar-refractivity contribution in [1.29, 1.82) is 0 Å². The summed E-state index contributed by atoms with van der Waals surface area (Å²) in [6.45, 7) is 0. The van der Waals surface area contributed by atoms with Crippen molar-refractivity contribution >= 4 is 23.1 Å². The number of anilines is 2. The number of nitrogens with zero attached hydrogens (tertiary/aromatic N) is 3. The lowest BCUT2D eigenvalue weighted by Gasteiger charge is -2.10. The molecule has 0 aliphatic rings. The summed E-state index contributed by atoms with van der Waals surface area (Å²) in [7, 11) is 0. The molecular weight excluding hydrogens is 391 g/mol. The minimum Gasteiger partial charge on any atom is -0.461 e. The van der Waals surface area contributed by atoms with E-state index in [1.165, 1.54) is 22.9 Å². The van der Waals surface area contributed by atoms with Gasteiger partial charge >= 0.3 is 12.4 Å². The number of carbonyl (C=O) groups excluding carboxylic acids is 1. The predicted molar refractivity (Wildman–Crippen MR) is 96.5 cm³/mol. The van der Waals surface area contributed by atoms with Crippen LogP contribution in [0.2, 0.25) is 0 Å². The van der Waals surface area contributed by atoms with E-state index >= 15 is 0 Å². The van der Waals surface area contributed by atoms with Crippen LogP contribution in [0, 0.1) is 0 Å². The molecule has 0 aliphatic heterocycles. The topological polar surface area (TPSA) is 93.7 Å². The second-order valence-corrected chi connectivity index (χ2v) is 5.78. The number of aromatic nitrogens is 3. The van der Waals surface area contributed by atoms with Gasteiger partial charge in [-0.05, 0) is 48.5 Å². The van der Waals surface area contributed by atoms with Crippen LogP contribution in [0.3, 0.4) is 0 Å². The number of urea groups is 1. The molecule has 3 aromatic heterocycles. The van der Waals surface area contributed by atoms with Gasteiger partial charge in [0, 0.05) is 5.69 Å². The van der Waals surface area contributed by atoms with Gasteiger partial charge in [-0.15, -0.1) is 18.3 Å². The van der Waals surface area contributed by atoms with Crippen LogP contribution in [0.25, 0.3) is 17.2 Å². The highest BCUT2D eigenvalue weighted by atomic mass is 19.4. The molecule has 0 radical (unpaired) electrons. The van der Waals surface area contributed by atoms with Gasteiger partial charge in [-0.1, -0.05) is 0 Å². The van der Waals surface area contributed by atoms with Gasteiger partial charge in [0.15, 0.2) is 11.4 Å². The van der Waals surface area contributed by atoms with Gasteiger partial charge in [0.05, 0.1) is 18.1 Å². The number of furan rings is 1. The summed E-state index contributed by atoms with van der Waals surface area (Å²) in [5.41, 5.74) is 1.28. The fourth-order valence-corrected chi connectivity index (χ4v) is 2.50. The average molecular weight is 403 g/mol. The van der Waals surface area contributed by atoms with Gasteiger partial charge in [0.1, 0.15) is 5.75 Å². The number of benzene rings is 1. The lowest BCUT2D eigenvalue weighted by molar-refractivity contribution is -0.274. The maximum absolute atomic E-state index is 12.2. The third-order valence-corrected chi connectivity index (χ3v) is 3.68. The minimum atomic E-state index is -4.77. The van der Waals surface area contributed by atoms with Gasteiger partial charge in [-0.2, -0.15) is 0 Å². The molecule has 8 nitrogen and oxygen atoms in total. The molecule has 2 amide bonds. The summed E-state index contributed by atoms with van der Waals surface area (Å²) in [4.78, 5) is 16.4. The van der Waals surface area contributed by atoms with Gasteiger partial charge in [-0.3, -0.25) is 0 Å². The summed E-state index contributed by atoms with van der Waals surface area (Å²) < 4.78 is 47.0. The molecule has 0 fully saturated rings. The van der Waals surface area contributed by atoms with Crippen molar-refractivity contribution in [2.75, 3.05) is 10.6 Å². The Morgan fingerprint density at radius 3 is 2.45 bits per heavy atom. The molecule has 4 aromatic rings. The van der Waals surface area contributed by atoms with E-state index in [4.69, 9.17) is 4.42 Å². The highest BCUT2D eigenvalue weighted by Crippen LogP contribution is 2.24. The zero-order valence-corrected chi connectivity index (χ0v) is 14.5. The molecule has 11 heteroatoms. The van der Waals surface area contributed by atoms with E-state index < -0.39 is 12.4 Å². The molecule has 0 spiro atoms. The standard InChI is InChI=1S/C18H12F3N5O3/c19-18(20,21)29-13-6-3-11(4-7-13)22-17(27)23-12-5-8-15-24-16(25-26(15)10-12)14-2-1-9-28-14/h1-10H,(H2,22,23,27). The van der Waals surface area contributed by atoms with Crippen molar-refractivity contribution < 1.29 is 27.1 Å². The number of carbonyl (C=O) groups is 1. The van der Waals surface area contributed by atoms with Crippen molar-refractivity contribution in [1.82, 2.24) is 14.6 Å². The van der Waals surface area contributed by atoms with Crippen LogP contribution in [-0.2, 0) is 0 Å². The number of hydrogen-bond donors (Lipinski definition) is 2. The highest BCUT2D eigenvalue weighted by Gasteiger charge is 2.30. The second-order valence-electron chi connectivity index (χ2n) is 5.78. The summed E-state index contributed by atoms with van der Waals surface area (Å²) in [6.07, 6.45) is -1.70. The van der Waals surface area contributed by atoms with Gasteiger partial charge < -0.3 is 19.8 Å². The molecule has 0 saturated carbocycles. The van der Waals surface area contributed by atoms with E-state index in [-0.39, 0.29) is 5.75 Å². The van der Waals surface area contributed by atoms with Crippen molar-refractivity contribution in [2.24, 2.45) is 0 Å². The van der Waals surface area contributed by atoms with Crippen molar-refractivity contribution in [2.45, 2.75) is 6.36 Å². The van der Waals surface area contributed by atoms with E-state index in [1.807, 2.05) is 0 Å². The zero-order valence-electron chi connectivity index (χ0n) is 14.5. The van der Waals surface area contributed by atoms with Gasteiger partial charge in [0.25, 0.3) is 0 Å². The quantitative estimate of drug-likeness (QED) is 0.522. The van der Waals surface area contributed by atoms with E-state index in [0.717, 1.165) is 12.1 Å². The third kappa shape index (κ3) is 4.46. The van der Waals surface area contributed by atoms with Crippen LogP contribution in [-0.4, -0.2) is 27.0 Å².